The molecular weight excluding hydrogens is 540 g/mol. The molecule has 0 bridgehead atoms. The van der Waals surface area contributed by atoms with Crippen molar-refractivity contribution in [2.75, 3.05) is 19.0 Å². The van der Waals surface area contributed by atoms with Gasteiger partial charge in [-0.05, 0) is 48.7 Å². The van der Waals surface area contributed by atoms with Crippen molar-refractivity contribution in [3.8, 4) is 23.1 Å². The molecule has 1 aliphatic rings. The van der Waals surface area contributed by atoms with Crippen LogP contribution in [0.2, 0.25) is 0 Å². The predicted octanol–water partition coefficient (Wildman–Crippen LogP) is 6.14. The molecule has 0 saturated heterocycles. The van der Waals surface area contributed by atoms with E-state index < -0.39 is 6.04 Å². The number of para-hydroxylation sites is 1. The number of pyridine rings is 1. The molecule has 3 aromatic heterocycles. The second kappa shape index (κ2) is 12.4. The third-order valence-corrected chi connectivity index (χ3v) is 8.45. The molecule has 218 valence electrons. The molecule has 0 aliphatic heterocycles. The predicted molar refractivity (Wildman–Crippen MR) is 165 cm³/mol. The molecule has 1 aliphatic carbocycles. The number of carbonyl (C=O) groups excluding carboxylic acids is 1. The summed E-state index contributed by atoms with van der Waals surface area (Å²) in [7, 11) is 1.63. The Hall–Kier alpha value is -5.10. The van der Waals surface area contributed by atoms with Gasteiger partial charge in [-0.25, -0.2) is 0 Å². The van der Waals surface area contributed by atoms with Crippen LogP contribution in [0.5, 0.6) is 5.75 Å². The number of nitrogens with one attached hydrogen (secondary N) is 3. The number of aromatic amines is 1. The number of oxazole rings is 1. The van der Waals surface area contributed by atoms with E-state index in [2.05, 4.69) is 32.7 Å². The number of benzene rings is 2. The van der Waals surface area contributed by atoms with Crippen molar-refractivity contribution >= 4 is 22.8 Å². The van der Waals surface area contributed by atoms with Crippen LogP contribution in [0.1, 0.15) is 48.9 Å². The first-order valence-corrected chi connectivity index (χ1v) is 14.6. The maximum atomic E-state index is 13.9. The molecule has 2 aromatic carbocycles. The lowest BCUT2D eigenvalue weighted by molar-refractivity contribution is -0.122. The fraction of sp³-hybridized carbons (Fsp3) is 0.294. The number of fused-ring (bicyclic) bond motifs is 1. The highest BCUT2D eigenvalue weighted by molar-refractivity contribution is 5.87. The van der Waals surface area contributed by atoms with Gasteiger partial charge in [0.25, 0.3) is 6.01 Å². The molecule has 0 radical (unpaired) electrons. The van der Waals surface area contributed by atoms with Gasteiger partial charge < -0.3 is 24.8 Å². The molecule has 3 heterocycles. The van der Waals surface area contributed by atoms with Gasteiger partial charge in [-0.2, -0.15) is 10.2 Å². The molecule has 1 saturated carbocycles. The molecule has 6 rings (SSSR count). The zero-order valence-corrected chi connectivity index (χ0v) is 24.1. The van der Waals surface area contributed by atoms with E-state index in [1.54, 1.807) is 31.7 Å². The number of nitrogens with zero attached hydrogens (tertiary/aromatic N) is 3. The summed E-state index contributed by atoms with van der Waals surface area (Å²) in [5.74, 6) is 0.579. The Kier molecular flexibility index (Phi) is 8.09. The molecule has 5 aromatic rings. The summed E-state index contributed by atoms with van der Waals surface area (Å²) in [6.07, 6.45) is 11.0. The van der Waals surface area contributed by atoms with Crippen LogP contribution >= 0.6 is 0 Å². The maximum absolute atomic E-state index is 13.9. The van der Waals surface area contributed by atoms with Gasteiger partial charge in [-0.15, -0.1) is 0 Å². The highest BCUT2D eigenvalue weighted by atomic mass is 16.5. The molecule has 43 heavy (non-hydrogen) atoms. The minimum absolute atomic E-state index is 0.137. The van der Waals surface area contributed by atoms with Crippen LogP contribution in [-0.4, -0.2) is 40.6 Å². The van der Waals surface area contributed by atoms with Crippen LogP contribution in [0.15, 0.2) is 83.7 Å². The average molecular weight is 575 g/mol. The number of hydrogen-bond donors (Lipinski definition) is 3. The van der Waals surface area contributed by atoms with Crippen molar-refractivity contribution in [3.05, 3.63) is 96.1 Å². The second-order valence-electron chi connectivity index (χ2n) is 11.1. The highest BCUT2D eigenvalue weighted by Crippen LogP contribution is 2.38. The summed E-state index contributed by atoms with van der Waals surface area (Å²) < 4.78 is 11.1. The van der Waals surface area contributed by atoms with Crippen molar-refractivity contribution in [1.29, 1.82) is 5.26 Å². The van der Waals surface area contributed by atoms with Gasteiger partial charge >= 0.3 is 0 Å². The monoisotopic (exact) mass is 574 g/mol. The Balaban J connectivity index is 1.24. The lowest BCUT2D eigenvalue weighted by atomic mass is 9.71. The lowest BCUT2D eigenvalue weighted by Crippen LogP contribution is -2.48. The second-order valence-corrected chi connectivity index (χ2v) is 11.1. The zero-order valence-electron chi connectivity index (χ0n) is 24.1. The first-order valence-electron chi connectivity index (χ1n) is 14.6. The van der Waals surface area contributed by atoms with E-state index >= 15 is 0 Å². The van der Waals surface area contributed by atoms with Gasteiger partial charge in [-0.1, -0.05) is 49.6 Å². The topological polar surface area (TPSA) is 129 Å². The Morgan fingerprint density at radius 2 is 1.93 bits per heavy atom. The molecule has 0 spiro atoms. The summed E-state index contributed by atoms with van der Waals surface area (Å²) >= 11 is 0. The van der Waals surface area contributed by atoms with Crippen molar-refractivity contribution in [1.82, 2.24) is 20.3 Å². The molecule has 1 amide bonds. The van der Waals surface area contributed by atoms with Crippen molar-refractivity contribution < 1.29 is 13.9 Å². The molecule has 3 N–H and O–H groups in total. The van der Waals surface area contributed by atoms with E-state index in [0.29, 0.717) is 30.0 Å². The van der Waals surface area contributed by atoms with Gasteiger partial charge in [0.2, 0.25) is 5.91 Å². The minimum atomic E-state index is -0.642. The number of hydrogen-bond acceptors (Lipinski definition) is 7. The Morgan fingerprint density at radius 3 is 2.67 bits per heavy atom. The van der Waals surface area contributed by atoms with Crippen LogP contribution in [0.3, 0.4) is 0 Å². The molecule has 1 atom stereocenters. The number of rotatable bonds is 10. The average Bonchev–Trinajstić information content (AvgIpc) is 3.71. The molecule has 1 fully saturated rings. The van der Waals surface area contributed by atoms with Crippen LogP contribution in [0.4, 0.5) is 6.01 Å². The number of H-pyrrole nitrogens is 1. The number of aromatic nitrogens is 3. The van der Waals surface area contributed by atoms with E-state index in [-0.39, 0.29) is 17.3 Å². The number of methoxy groups -OCH3 is 1. The van der Waals surface area contributed by atoms with Gasteiger partial charge in [0.1, 0.15) is 23.7 Å². The van der Waals surface area contributed by atoms with Crippen LogP contribution in [0.25, 0.3) is 22.2 Å². The largest absolute Gasteiger partial charge is 0.495 e. The van der Waals surface area contributed by atoms with Crippen molar-refractivity contribution in [2.24, 2.45) is 0 Å². The number of amides is 1. The Labute approximate surface area is 250 Å². The Morgan fingerprint density at radius 1 is 1.12 bits per heavy atom. The fourth-order valence-corrected chi connectivity index (χ4v) is 6.01. The van der Waals surface area contributed by atoms with E-state index in [1.165, 1.54) is 6.42 Å². The number of ether oxygens (including phenoxy) is 1. The van der Waals surface area contributed by atoms with Gasteiger partial charge in [-0.3, -0.25) is 9.78 Å². The number of anilines is 1. The summed E-state index contributed by atoms with van der Waals surface area (Å²) in [4.78, 5) is 26.6. The quantitative estimate of drug-likeness (QED) is 0.183. The first kappa shape index (κ1) is 28.0. The van der Waals surface area contributed by atoms with Gasteiger partial charge in [0, 0.05) is 46.7 Å². The van der Waals surface area contributed by atoms with E-state index in [9.17, 15) is 4.79 Å². The fourth-order valence-electron chi connectivity index (χ4n) is 6.01. The SMILES string of the molecule is COc1ccc(C2(CNC(=O)[C@H](Cc3c[nH]c4ccccc34)Nc3nc(-c4ccc(C#N)cc4)co3)CCCCC2)nc1. The standard InChI is InChI=1S/C34H34N6O3/c1-42-26-13-14-31(37-20-26)34(15-5-2-6-16-34)22-38-32(41)29(17-25-19-36-28-8-4-3-7-27(25)28)39-33-40-30(21-43-33)24-11-9-23(18-35)10-12-24/h3-4,7-14,19-21,29,36H,2,5-6,15-17,22H2,1H3,(H,38,41)(H,39,40)/t29-/m0/s1. The van der Waals surface area contributed by atoms with E-state index in [0.717, 1.165) is 53.4 Å². The molecule has 0 unspecified atom stereocenters. The minimum Gasteiger partial charge on any atom is -0.495 e. The van der Waals surface area contributed by atoms with Crippen molar-refractivity contribution in [2.45, 2.75) is 50.0 Å². The normalized spacial score (nSPS) is 15.0. The summed E-state index contributed by atoms with van der Waals surface area (Å²) in [5.41, 5.74) is 4.78. The third kappa shape index (κ3) is 6.09. The maximum Gasteiger partial charge on any atom is 0.295 e. The zero-order chi connectivity index (χ0) is 29.6. The Bertz CT molecular complexity index is 1730. The smallest absolute Gasteiger partial charge is 0.295 e. The van der Waals surface area contributed by atoms with Gasteiger partial charge in [0.05, 0.1) is 24.9 Å². The summed E-state index contributed by atoms with van der Waals surface area (Å²) in [6.45, 7) is 0.485. The summed E-state index contributed by atoms with van der Waals surface area (Å²) in [6, 6.07) is 20.9. The van der Waals surface area contributed by atoms with E-state index in [1.807, 2.05) is 48.7 Å². The molecular formula is C34H34N6O3. The third-order valence-electron chi connectivity index (χ3n) is 8.45. The summed E-state index contributed by atoms with van der Waals surface area (Å²) in [5, 5.41) is 16.7. The number of carbonyl (C=O) groups is 1. The van der Waals surface area contributed by atoms with E-state index in [4.69, 9.17) is 19.4 Å². The van der Waals surface area contributed by atoms with Crippen LogP contribution in [0, 0.1) is 11.3 Å². The van der Waals surface area contributed by atoms with Crippen LogP contribution < -0.4 is 15.4 Å². The van der Waals surface area contributed by atoms with Crippen molar-refractivity contribution in [3.63, 3.8) is 0 Å². The molecule has 9 heteroatoms. The molecule has 9 nitrogen and oxygen atoms in total. The number of nitriles is 1. The highest BCUT2D eigenvalue weighted by Gasteiger charge is 2.36. The van der Waals surface area contributed by atoms with Gasteiger partial charge in [0.15, 0.2) is 0 Å². The van der Waals surface area contributed by atoms with Crippen LogP contribution in [-0.2, 0) is 16.6 Å². The first-order chi connectivity index (χ1) is 21.1. The lowest BCUT2D eigenvalue weighted by Gasteiger charge is -2.37.